The van der Waals surface area contributed by atoms with Gasteiger partial charge in [-0.1, -0.05) is 11.6 Å². The minimum atomic E-state index is 0.418. The molecule has 0 amide bonds. The van der Waals surface area contributed by atoms with Crippen LogP contribution in [0.5, 0.6) is 0 Å². The van der Waals surface area contributed by atoms with E-state index >= 15 is 0 Å². The van der Waals surface area contributed by atoms with Gasteiger partial charge in [0.2, 0.25) is 0 Å². The average Bonchev–Trinajstić information content (AvgIpc) is 1.64. The molecule has 1 heterocycles. The predicted molar refractivity (Wildman–Crippen MR) is 30.6 cm³/mol. The van der Waals surface area contributed by atoms with Crippen molar-refractivity contribution in [1.29, 1.82) is 0 Å². The molecule has 1 aromatic rings. The van der Waals surface area contributed by atoms with E-state index in [9.17, 15) is 0 Å². The molecule has 0 spiro atoms. The summed E-state index contributed by atoms with van der Waals surface area (Å²) >= 11 is 5.45. The number of hydrogen-bond acceptors (Lipinski definition) is 2. The number of nitrogens with zero attached hydrogens (tertiary/aromatic N) is 2. The highest BCUT2D eigenvalue weighted by Crippen LogP contribution is 2.01. The largest absolute Gasteiger partial charge is 0.152 e. The van der Waals surface area contributed by atoms with E-state index in [0.29, 0.717) is 5.15 Å². The SMILES string of the molecule is Cc1[c]nnc(Cl)c1. The highest BCUT2D eigenvalue weighted by atomic mass is 35.5. The fourth-order valence-electron chi connectivity index (χ4n) is 0.391. The first-order valence-electron chi connectivity index (χ1n) is 2.16. The van der Waals surface area contributed by atoms with Gasteiger partial charge in [-0.15, -0.1) is 10.2 Å². The van der Waals surface area contributed by atoms with Gasteiger partial charge in [0.25, 0.3) is 0 Å². The quantitative estimate of drug-likeness (QED) is 0.524. The molecule has 1 radical (unpaired) electrons. The smallest absolute Gasteiger partial charge is 0.147 e. The second-order valence-electron chi connectivity index (χ2n) is 1.46. The summed E-state index contributed by atoms with van der Waals surface area (Å²) in [5, 5.41) is 7.39. The van der Waals surface area contributed by atoms with Crippen LogP contribution in [-0.4, -0.2) is 10.2 Å². The normalized spacial score (nSPS) is 9.25. The van der Waals surface area contributed by atoms with Crippen LogP contribution in [0.25, 0.3) is 0 Å². The fourth-order valence-corrected chi connectivity index (χ4v) is 0.593. The van der Waals surface area contributed by atoms with Crippen molar-refractivity contribution >= 4 is 11.6 Å². The Balaban J connectivity index is 3.08. The van der Waals surface area contributed by atoms with E-state index in [-0.39, 0.29) is 0 Å². The molecule has 41 valence electrons. The summed E-state index contributed by atoms with van der Waals surface area (Å²) < 4.78 is 0. The lowest BCUT2D eigenvalue weighted by Crippen LogP contribution is -1.81. The lowest BCUT2D eigenvalue weighted by molar-refractivity contribution is 1.01. The zero-order valence-corrected chi connectivity index (χ0v) is 5.11. The van der Waals surface area contributed by atoms with Crippen LogP contribution >= 0.6 is 11.6 Å². The minimum absolute atomic E-state index is 0.418. The standard InChI is InChI=1S/C5H4ClN2/c1-4-2-5(6)8-7-3-4/h2H,1H3. The molecule has 0 unspecified atom stereocenters. The first-order chi connectivity index (χ1) is 3.79. The van der Waals surface area contributed by atoms with E-state index in [1.165, 1.54) is 0 Å². The van der Waals surface area contributed by atoms with Crippen LogP contribution in [0.15, 0.2) is 6.07 Å². The van der Waals surface area contributed by atoms with Crippen molar-refractivity contribution < 1.29 is 0 Å². The van der Waals surface area contributed by atoms with Gasteiger partial charge in [0.15, 0.2) is 5.15 Å². The summed E-state index contributed by atoms with van der Waals surface area (Å²) in [6.45, 7) is 1.86. The third kappa shape index (κ3) is 1.17. The Hall–Kier alpha value is -0.630. The monoisotopic (exact) mass is 127 g/mol. The molecule has 0 aliphatic rings. The average molecular weight is 128 g/mol. The Morgan fingerprint density at radius 1 is 1.75 bits per heavy atom. The van der Waals surface area contributed by atoms with Gasteiger partial charge in [0.1, 0.15) is 6.20 Å². The van der Waals surface area contributed by atoms with Crippen molar-refractivity contribution in [3.63, 3.8) is 0 Å². The first kappa shape index (κ1) is 5.51. The molecule has 0 saturated heterocycles. The molecule has 2 nitrogen and oxygen atoms in total. The van der Waals surface area contributed by atoms with Crippen molar-refractivity contribution in [1.82, 2.24) is 10.2 Å². The number of hydrogen-bond donors (Lipinski definition) is 0. The van der Waals surface area contributed by atoms with Gasteiger partial charge in [-0.2, -0.15) is 0 Å². The van der Waals surface area contributed by atoms with Crippen LogP contribution in [0.2, 0.25) is 5.15 Å². The van der Waals surface area contributed by atoms with Crippen molar-refractivity contribution in [3.8, 4) is 0 Å². The molecule has 0 atom stereocenters. The van der Waals surface area contributed by atoms with Crippen LogP contribution in [0.1, 0.15) is 5.56 Å². The Morgan fingerprint density at radius 3 is 2.88 bits per heavy atom. The van der Waals surface area contributed by atoms with Crippen LogP contribution in [0.4, 0.5) is 0 Å². The Bertz CT molecular complexity index is 170. The third-order valence-corrected chi connectivity index (χ3v) is 0.892. The van der Waals surface area contributed by atoms with E-state index in [0.717, 1.165) is 5.56 Å². The van der Waals surface area contributed by atoms with Crippen molar-refractivity contribution in [2.75, 3.05) is 0 Å². The lowest BCUT2D eigenvalue weighted by atomic mass is 10.4. The summed E-state index contributed by atoms with van der Waals surface area (Å²) in [5.41, 5.74) is 0.907. The predicted octanol–water partition coefficient (Wildman–Crippen LogP) is 1.24. The number of aromatic nitrogens is 2. The summed E-state index contributed by atoms with van der Waals surface area (Å²) in [6.07, 6.45) is 2.63. The molecule has 0 aliphatic carbocycles. The maximum absolute atomic E-state index is 5.45. The number of aryl methyl sites for hydroxylation is 1. The zero-order chi connectivity index (χ0) is 5.98. The Labute approximate surface area is 52.5 Å². The lowest BCUT2D eigenvalue weighted by Gasteiger charge is -1.85. The molecule has 3 heteroatoms. The van der Waals surface area contributed by atoms with Gasteiger partial charge in [0.05, 0.1) is 0 Å². The van der Waals surface area contributed by atoms with Crippen LogP contribution in [-0.2, 0) is 0 Å². The van der Waals surface area contributed by atoms with E-state index < -0.39 is 0 Å². The van der Waals surface area contributed by atoms with Crippen LogP contribution < -0.4 is 0 Å². The summed E-state index contributed by atoms with van der Waals surface area (Å²) in [7, 11) is 0. The highest BCUT2D eigenvalue weighted by Gasteiger charge is 1.86. The van der Waals surface area contributed by atoms with E-state index in [2.05, 4.69) is 16.4 Å². The van der Waals surface area contributed by atoms with E-state index in [4.69, 9.17) is 11.6 Å². The summed E-state index contributed by atoms with van der Waals surface area (Å²) in [4.78, 5) is 0. The van der Waals surface area contributed by atoms with Gasteiger partial charge >= 0.3 is 0 Å². The van der Waals surface area contributed by atoms with Crippen molar-refractivity contribution in [2.24, 2.45) is 0 Å². The van der Waals surface area contributed by atoms with Gasteiger partial charge in [-0.05, 0) is 18.6 Å². The molecular weight excluding hydrogens is 124 g/mol. The molecule has 1 aromatic heterocycles. The molecule has 0 fully saturated rings. The highest BCUT2D eigenvalue weighted by molar-refractivity contribution is 6.29. The number of halogens is 1. The molecule has 0 aliphatic heterocycles. The molecule has 0 bridgehead atoms. The maximum Gasteiger partial charge on any atom is 0.152 e. The van der Waals surface area contributed by atoms with Gasteiger partial charge in [-0.25, -0.2) is 0 Å². The summed E-state index contributed by atoms with van der Waals surface area (Å²) in [5.74, 6) is 0. The van der Waals surface area contributed by atoms with E-state index in [1.54, 1.807) is 6.07 Å². The van der Waals surface area contributed by atoms with Crippen molar-refractivity contribution in [2.45, 2.75) is 6.92 Å². The topological polar surface area (TPSA) is 25.8 Å². The van der Waals surface area contributed by atoms with Crippen molar-refractivity contribution in [3.05, 3.63) is 23.0 Å². The Kier molecular flexibility index (Phi) is 1.44. The van der Waals surface area contributed by atoms with Crippen LogP contribution in [0, 0.1) is 13.1 Å². The van der Waals surface area contributed by atoms with Gasteiger partial charge < -0.3 is 0 Å². The fraction of sp³-hybridized carbons (Fsp3) is 0.200. The van der Waals surface area contributed by atoms with Crippen LogP contribution in [0.3, 0.4) is 0 Å². The zero-order valence-electron chi connectivity index (χ0n) is 4.35. The van der Waals surface area contributed by atoms with Gasteiger partial charge in [0, 0.05) is 0 Å². The summed E-state index contributed by atoms with van der Waals surface area (Å²) in [6, 6.07) is 1.70. The number of rotatable bonds is 0. The third-order valence-electron chi connectivity index (χ3n) is 0.707. The van der Waals surface area contributed by atoms with Gasteiger partial charge in [-0.3, -0.25) is 0 Å². The molecule has 1 rings (SSSR count). The Morgan fingerprint density at radius 2 is 2.50 bits per heavy atom. The molecule has 0 saturated carbocycles. The molecule has 8 heavy (non-hydrogen) atoms. The minimum Gasteiger partial charge on any atom is -0.147 e. The van der Waals surface area contributed by atoms with E-state index in [1.807, 2.05) is 6.92 Å². The molecule has 0 aromatic carbocycles. The second kappa shape index (κ2) is 2.09. The second-order valence-corrected chi connectivity index (χ2v) is 1.85. The maximum atomic E-state index is 5.45. The molecular formula is C5H4ClN2. The molecule has 0 N–H and O–H groups in total. The first-order valence-corrected chi connectivity index (χ1v) is 2.54.